The molecule has 44 valence electrons. The Morgan fingerprint density at radius 2 is 1.38 bits per heavy atom. The molecule has 0 atom stereocenters. The van der Waals surface area contributed by atoms with Crippen LogP contribution >= 0.6 is 20.7 Å². The average Bonchev–Trinajstić information content (AvgIpc) is 2.22. The second kappa shape index (κ2) is 1.05. The molecule has 0 N–H and O–H groups in total. The van der Waals surface area contributed by atoms with E-state index in [2.05, 4.69) is 6.92 Å². The lowest BCUT2D eigenvalue weighted by Gasteiger charge is -2.12. The smallest absolute Gasteiger partial charge is 0.000107 e. The van der Waals surface area contributed by atoms with Gasteiger partial charge in [0.2, 0.25) is 0 Å². The van der Waals surface area contributed by atoms with Crippen LogP contribution in [0.1, 0.15) is 6.92 Å². The van der Waals surface area contributed by atoms with Crippen LogP contribution in [0.5, 0.6) is 0 Å². The maximum absolute atomic E-state index is 2.53. The van der Waals surface area contributed by atoms with Gasteiger partial charge in [-0.15, -0.1) is 0 Å². The van der Waals surface area contributed by atoms with E-state index in [1.54, 1.807) is 18.5 Å². The minimum atomic E-state index is 0.796. The fourth-order valence-corrected chi connectivity index (χ4v) is 28.9. The van der Waals surface area contributed by atoms with Crippen LogP contribution in [-0.4, -0.2) is 0 Å². The average molecular weight is 162 g/mol. The summed E-state index contributed by atoms with van der Waals surface area (Å²) >= 11 is 0. The molecule has 0 saturated heterocycles. The molecule has 0 amide bonds. The van der Waals surface area contributed by atoms with E-state index in [0.29, 0.717) is 0 Å². The van der Waals surface area contributed by atoms with Gasteiger partial charge in [0.05, 0.1) is 0 Å². The van der Waals surface area contributed by atoms with Gasteiger partial charge in [-0.05, 0) is 5.41 Å². The molecule has 1 aromatic rings. The van der Waals surface area contributed by atoms with E-state index < -0.39 is 0 Å². The molecule has 8 heavy (non-hydrogen) atoms. The molecule has 3 aliphatic rings. The molecular formula is C5H9P3. The minimum absolute atomic E-state index is 0.796. The summed E-state index contributed by atoms with van der Waals surface area (Å²) in [7, 11) is 0. The van der Waals surface area contributed by atoms with Crippen molar-refractivity contribution in [2.45, 2.75) is 25.4 Å². The van der Waals surface area contributed by atoms with E-state index in [0.717, 1.165) is 26.1 Å². The topological polar surface area (TPSA) is 0 Å². The molecule has 0 saturated carbocycles. The first-order chi connectivity index (χ1) is 3.79. The molecule has 3 aliphatic heterocycles. The SMILES string of the molecule is CC12Cp3p(p3C1)C2. The maximum Gasteiger partial charge on any atom is 0.000107 e. The van der Waals surface area contributed by atoms with Crippen LogP contribution in [0.15, 0.2) is 0 Å². The zero-order chi connectivity index (χ0) is 5.35. The van der Waals surface area contributed by atoms with Gasteiger partial charge in [-0.2, -0.15) is 0 Å². The summed E-state index contributed by atoms with van der Waals surface area (Å²) in [4.78, 5) is 0. The monoisotopic (exact) mass is 162 g/mol. The van der Waals surface area contributed by atoms with E-state index >= 15 is 0 Å². The molecule has 1 aromatic heterocycles. The highest BCUT2D eigenvalue weighted by Gasteiger charge is 2.50. The zero-order valence-electron chi connectivity index (χ0n) is 4.96. The molecule has 0 aromatic carbocycles. The summed E-state index contributed by atoms with van der Waals surface area (Å²) < 4.78 is 0. The Labute approximate surface area is 52.1 Å². The van der Waals surface area contributed by atoms with Crippen molar-refractivity contribution in [2.75, 3.05) is 0 Å². The van der Waals surface area contributed by atoms with Crippen LogP contribution in [-0.2, 0) is 18.5 Å². The Morgan fingerprint density at radius 1 is 1.00 bits per heavy atom. The molecule has 0 radical (unpaired) electrons. The Bertz CT molecular complexity index is 189. The highest BCUT2D eigenvalue weighted by molar-refractivity contribution is 8.73. The number of rotatable bonds is 0. The fourth-order valence-electron chi connectivity index (χ4n) is 1.88. The molecule has 0 spiro atoms. The summed E-state index contributed by atoms with van der Waals surface area (Å²) in [5, 5.41) is 0. The van der Waals surface area contributed by atoms with Gasteiger partial charge in [0, 0.05) is 18.5 Å². The zero-order valence-corrected chi connectivity index (χ0v) is 7.65. The van der Waals surface area contributed by atoms with Gasteiger partial charge in [-0.3, -0.25) is 0 Å². The molecule has 0 aliphatic carbocycles. The lowest BCUT2D eigenvalue weighted by atomic mass is 10.00. The normalized spacial score (nSPS) is 46.9. The second-order valence-electron chi connectivity index (χ2n) is 3.40. The highest BCUT2D eigenvalue weighted by Crippen LogP contribution is 3.01. The van der Waals surface area contributed by atoms with Crippen molar-refractivity contribution >= 4 is 20.7 Å². The Kier molecular flexibility index (Phi) is 0.615. The molecule has 0 unspecified atom stereocenters. The summed E-state index contributed by atoms with van der Waals surface area (Å²) in [5.41, 5.74) is 0.934. The third-order valence-electron chi connectivity index (χ3n) is 2.34. The van der Waals surface area contributed by atoms with Crippen molar-refractivity contribution < 1.29 is 0 Å². The lowest BCUT2D eigenvalue weighted by Crippen LogP contribution is -2.09. The van der Waals surface area contributed by atoms with Crippen LogP contribution in [0.4, 0.5) is 0 Å². The fraction of sp³-hybridized carbons (Fsp3) is 1.00. The first-order valence-electron chi connectivity index (χ1n) is 3.11. The Hall–Kier alpha value is 0.900. The summed E-state index contributed by atoms with van der Waals surface area (Å²) in [6.07, 6.45) is 5.12. The van der Waals surface area contributed by atoms with Gasteiger partial charge >= 0.3 is 0 Å². The minimum Gasteiger partial charge on any atom is -0.0756 e. The van der Waals surface area contributed by atoms with Crippen molar-refractivity contribution in [3.63, 3.8) is 0 Å². The number of hydrogen-bond acceptors (Lipinski definition) is 0. The van der Waals surface area contributed by atoms with Gasteiger partial charge < -0.3 is 0 Å². The Morgan fingerprint density at radius 3 is 1.50 bits per heavy atom. The van der Waals surface area contributed by atoms with Crippen molar-refractivity contribution in [3.05, 3.63) is 0 Å². The standard InChI is InChI=1S/C5H9P3/c1-5-2-6-7(3-5)8(6)4-5/h2-4H2,1H3. The van der Waals surface area contributed by atoms with Gasteiger partial charge in [-0.25, -0.2) is 0 Å². The van der Waals surface area contributed by atoms with E-state index in [1.165, 1.54) is 0 Å². The van der Waals surface area contributed by atoms with Crippen LogP contribution < -0.4 is 0 Å². The second-order valence-corrected chi connectivity index (χ2v) is 18.1. The van der Waals surface area contributed by atoms with Gasteiger partial charge in [0.15, 0.2) is 0 Å². The van der Waals surface area contributed by atoms with Gasteiger partial charge in [-0.1, -0.05) is 27.6 Å². The van der Waals surface area contributed by atoms with Crippen LogP contribution in [0.3, 0.4) is 0 Å². The molecule has 4 heterocycles. The quantitative estimate of drug-likeness (QED) is 0.545. The molecule has 3 heteroatoms. The molecule has 0 fully saturated rings. The summed E-state index contributed by atoms with van der Waals surface area (Å²) in [5.74, 6) is 0. The van der Waals surface area contributed by atoms with Crippen molar-refractivity contribution in [3.8, 4) is 0 Å². The van der Waals surface area contributed by atoms with Crippen LogP contribution in [0, 0.1) is 5.41 Å². The number of hydrogen-bond donors (Lipinski definition) is 0. The van der Waals surface area contributed by atoms with E-state index in [-0.39, 0.29) is 0 Å². The lowest BCUT2D eigenvalue weighted by molar-refractivity contribution is 0.417. The van der Waals surface area contributed by atoms with Crippen molar-refractivity contribution in [1.82, 2.24) is 0 Å². The molecule has 4 bridgehead atoms. The highest BCUT2D eigenvalue weighted by atomic mass is 32.7. The summed E-state index contributed by atoms with van der Waals surface area (Å²) in [6, 6.07) is 0. The predicted molar refractivity (Wildman–Crippen MR) is 42.7 cm³/mol. The maximum atomic E-state index is 2.53. The first kappa shape index (κ1) is 4.68. The van der Waals surface area contributed by atoms with Gasteiger partial charge in [0.25, 0.3) is 0 Å². The molecule has 0 nitrogen and oxygen atoms in total. The van der Waals surface area contributed by atoms with E-state index in [4.69, 9.17) is 0 Å². The van der Waals surface area contributed by atoms with E-state index in [1.807, 2.05) is 0 Å². The van der Waals surface area contributed by atoms with Crippen molar-refractivity contribution in [1.29, 1.82) is 0 Å². The third kappa shape index (κ3) is 0.358. The summed E-state index contributed by atoms with van der Waals surface area (Å²) in [6.45, 7) is 4.91. The van der Waals surface area contributed by atoms with Gasteiger partial charge in [0.1, 0.15) is 0 Å². The largest absolute Gasteiger partial charge is 0.0756 e. The van der Waals surface area contributed by atoms with E-state index in [9.17, 15) is 0 Å². The third-order valence-corrected chi connectivity index (χ3v) is 22.6. The first-order valence-corrected chi connectivity index (χ1v) is 9.81. The van der Waals surface area contributed by atoms with Crippen molar-refractivity contribution in [2.24, 2.45) is 5.41 Å². The Balaban J connectivity index is 2.29. The molecule has 4 rings (SSSR count). The molecular weight excluding hydrogens is 153 g/mol. The van der Waals surface area contributed by atoms with Crippen LogP contribution in [0.25, 0.3) is 0 Å². The predicted octanol–water partition coefficient (Wildman–Crippen LogP) is 3.68. The van der Waals surface area contributed by atoms with Crippen LogP contribution in [0.2, 0.25) is 0 Å².